The molecule has 0 radical (unpaired) electrons. The molecule has 14 heavy (non-hydrogen) atoms. The van der Waals surface area contributed by atoms with Gasteiger partial charge in [0, 0.05) is 12.7 Å². The lowest BCUT2D eigenvalue weighted by atomic mass is 10.4. The van der Waals surface area contributed by atoms with Gasteiger partial charge in [-0.1, -0.05) is 0 Å². The van der Waals surface area contributed by atoms with E-state index in [-0.39, 0.29) is 12.5 Å². The smallest absolute Gasteiger partial charge is 0.239 e. The van der Waals surface area contributed by atoms with Crippen molar-refractivity contribution in [3.05, 3.63) is 18.3 Å². The number of nitrogens with zero attached hydrogens (tertiary/aromatic N) is 1. The molecule has 0 saturated carbocycles. The molecule has 5 nitrogen and oxygen atoms in total. The number of aromatic nitrogens is 1. The van der Waals surface area contributed by atoms with Crippen LogP contribution in [-0.2, 0) is 4.79 Å². The van der Waals surface area contributed by atoms with Gasteiger partial charge in [-0.05, 0) is 19.1 Å². The summed E-state index contributed by atoms with van der Waals surface area (Å²) in [4.78, 5) is 15.0. The average molecular weight is 194 g/mol. The molecule has 76 valence electrons. The molecule has 0 spiro atoms. The van der Waals surface area contributed by atoms with Crippen LogP contribution in [0.15, 0.2) is 18.3 Å². The Morgan fingerprint density at radius 1 is 1.64 bits per heavy atom. The fourth-order valence-electron chi connectivity index (χ4n) is 1.00. The lowest BCUT2D eigenvalue weighted by molar-refractivity contribution is -0.119. The van der Waals surface area contributed by atoms with Crippen molar-refractivity contribution in [1.82, 2.24) is 10.3 Å². The van der Waals surface area contributed by atoms with Crippen LogP contribution < -0.4 is 16.4 Å². The Morgan fingerprint density at radius 2 is 2.43 bits per heavy atom. The van der Waals surface area contributed by atoms with Crippen LogP contribution in [-0.4, -0.2) is 24.0 Å². The predicted octanol–water partition coefficient (Wildman–Crippen LogP) is 0.212. The molecule has 1 heterocycles. The Kier molecular flexibility index (Phi) is 3.72. The Morgan fingerprint density at radius 3 is 3.07 bits per heavy atom. The normalized spacial score (nSPS) is 9.50. The van der Waals surface area contributed by atoms with E-state index in [9.17, 15) is 4.79 Å². The quantitative estimate of drug-likeness (QED) is 0.640. The van der Waals surface area contributed by atoms with Crippen LogP contribution in [0.1, 0.15) is 6.92 Å². The first-order valence-corrected chi connectivity index (χ1v) is 4.45. The minimum atomic E-state index is -0.0595. The van der Waals surface area contributed by atoms with E-state index in [2.05, 4.69) is 15.6 Å². The zero-order valence-corrected chi connectivity index (χ0v) is 8.08. The standard InChI is InChI=1S/C9H14N4O/c1-2-11-8(14)6-13-7-4-3-5-12-9(7)10/h3-5,13H,2,6H2,1H3,(H2,10,12)(H,11,14). The number of rotatable bonds is 4. The molecule has 1 aromatic rings. The molecule has 0 atom stereocenters. The second-order valence-electron chi connectivity index (χ2n) is 2.74. The van der Waals surface area contributed by atoms with E-state index in [0.29, 0.717) is 18.1 Å². The molecule has 0 bridgehead atoms. The molecule has 0 aliphatic rings. The zero-order valence-electron chi connectivity index (χ0n) is 8.08. The minimum absolute atomic E-state index is 0.0595. The van der Waals surface area contributed by atoms with E-state index in [1.54, 1.807) is 18.3 Å². The zero-order chi connectivity index (χ0) is 10.4. The van der Waals surface area contributed by atoms with Crippen LogP contribution >= 0.6 is 0 Å². The first kappa shape index (κ1) is 10.3. The molecule has 0 aliphatic carbocycles. The van der Waals surface area contributed by atoms with Crippen LogP contribution in [0, 0.1) is 0 Å². The first-order valence-electron chi connectivity index (χ1n) is 4.45. The molecule has 0 saturated heterocycles. The lowest BCUT2D eigenvalue weighted by Gasteiger charge is -2.07. The van der Waals surface area contributed by atoms with Gasteiger partial charge in [-0.15, -0.1) is 0 Å². The topological polar surface area (TPSA) is 80.0 Å². The van der Waals surface area contributed by atoms with Crippen molar-refractivity contribution in [3.8, 4) is 0 Å². The summed E-state index contributed by atoms with van der Waals surface area (Å²) in [6, 6.07) is 3.54. The summed E-state index contributed by atoms with van der Waals surface area (Å²) in [5, 5.41) is 5.57. The molecule has 5 heteroatoms. The number of carbonyl (C=O) groups is 1. The van der Waals surface area contributed by atoms with Crippen molar-refractivity contribution < 1.29 is 4.79 Å². The van der Waals surface area contributed by atoms with Crippen LogP contribution in [0.5, 0.6) is 0 Å². The second-order valence-corrected chi connectivity index (χ2v) is 2.74. The van der Waals surface area contributed by atoms with Gasteiger partial charge in [0.05, 0.1) is 12.2 Å². The highest BCUT2D eigenvalue weighted by Crippen LogP contribution is 2.12. The molecule has 0 aliphatic heterocycles. The third-order valence-electron chi connectivity index (χ3n) is 1.65. The molecule has 1 amide bonds. The molecular formula is C9H14N4O. The predicted molar refractivity (Wildman–Crippen MR) is 55.8 cm³/mol. The minimum Gasteiger partial charge on any atom is -0.382 e. The Labute approximate surface area is 82.7 Å². The summed E-state index contributed by atoms with van der Waals surface area (Å²) < 4.78 is 0. The van der Waals surface area contributed by atoms with E-state index < -0.39 is 0 Å². The van der Waals surface area contributed by atoms with Gasteiger partial charge in [-0.3, -0.25) is 4.79 Å². The van der Waals surface area contributed by atoms with Gasteiger partial charge in [0.1, 0.15) is 5.82 Å². The van der Waals surface area contributed by atoms with Gasteiger partial charge < -0.3 is 16.4 Å². The summed E-state index contributed by atoms with van der Waals surface area (Å²) >= 11 is 0. The Balaban J connectivity index is 2.46. The number of nitrogens with two attached hydrogens (primary N) is 1. The number of nitrogens with one attached hydrogen (secondary N) is 2. The van der Waals surface area contributed by atoms with Gasteiger partial charge >= 0.3 is 0 Å². The van der Waals surface area contributed by atoms with Gasteiger partial charge in [-0.25, -0.2) is 4.98 Å². The van der Waals surface area contributed by atoms with E-state index >= 15 is 0 Å². The molecule has 0 unspecified atom stereocenters. The number of hydrogen-bond donors (Lipinski definition) is 3. The Bertz CT molecular complexity index is 313. The number of anilines is 2. The summed E-state index contributed by atoms with van der Waals surface area (Å²) in [6.07, 6.45) is 1.60. The van der Waals surface area contributed by atoms with Crippen molar-refractivity contribution in [3.63, 3.8) is 0 Å². The van der Waals surface area contributed by atoms with Gasteiger partial charge in [0.25, 0.3) is 0 Å². The number of nitrogen functional groups attached to an aromatic ring is 1. The average Bonchev–Trinajstić information content (AvgIpc) is 2.17. The van der Waals surface area contributed by atoms with E-state index in [0.717, 1.165) is 0 Å². The van der Waals surface area contributed by atoms with Crippen molar-refractivity contribution >= 4 is 17.4 Å². The Hall–Kier alpha value is -1.78. The molecule has 1 aromatic heterocycles. The van der Waals surface area contributed by atoms with Gasteiger partial charge in [0.15, 0.2) is 0 Å². The number of carbonyl (C=O) groups excluding carboxylic acids is 1. The first-order chi connectivity index (χ1) is 6.74. The van der Waals surface area contributed by atoms with E-state index in [1.807, 2.05) is 6.92 Å². The summed E-state index contributed by atoms with van der Waals surface area (Å²) in [7, 11) is 0. The maximum Gasteiger partial charge on any atom is 0.239 e. The van der Waals surface area contributed by atoms with E-state index in [1.165, 1.54) is 0 Å². The largest absolute Gasteiger partial charge is 0.382 e. The van der Waals surface area contributed by atoms with Crippen LogP contribution in [0.2, 0.25) is 0 Å². The lowest BCUT2D eigenvalue weighted by Crippen LogP contribution is -2.29. The van der Waals surface area contributed by atoms with Gasteiger partial charge in [0.2, 0.25) is 5.91 Å². The van der Waals surface area contributed by atoms with Crippen LogP contribution in [0.3, 0.4) is 0 Å². The third kappa shape index (κ3) is 2.93. The van der Waals surface area contributed by atoms with Crippen LogP contribution in [0.25, 0.3) is 0 Å². The summed E-state index contributed by atoms with van der Waals surface area (Å²) in [6.45, 7) is 2.71. The summed E-state index contributed by atoms with van der Waals surface area (Å²) in [5.74, 6) is 0.340. The SMILES string of the molecule is CCNC(=O)CNc1cccnc1N. The number of pyridine rings is 1. The van der Waals surface area contributed by atoms with Crippen molar-refractivity contribution in [2.45, 2.75) is 6.92 Å². The molecule has 0 fully saturated rings. The molecule has 0 aromatic carbocycles. The fourth-order valence-corrected chi connectivity index (χ4v) is 1.00. The maximum atomic E-state index is 11.1. The third-order valence-corrected chi connectivity index (χ3v) is 1.65. The highest BCUT2D eigenvalue weighted by molar-refractivity contribution is 5.81. The number of hydrogen-bond acceptors (Lipinski definition) is 4. The van der Waals surface area contributed by atoms with Gasteiger partial charge in [-0.2, -0.15) is 0 Å². The summed E-state index contributed by atoms with van der Waals surface area (Å²) in [5.41, 5.74) is 6.25. The maximum absolute atomic E-state index is 11.1. The fraction of sp³-hybridized carbons (Fsp3) is 0.333. The van der Waals surface area contributed by atoms with Crippen molar-refractivity contribution in [2.75, 3.05) is 24.1 Å². The van der Waals surface area contributed by atoms with Crippen LogP contribution in [0.4, 0.5) is 11.5 Å². The highest BCUT2D eigenvalue weighted by atomic mass is 16.1. The monoisotopic (exact) mass is 194 g/mol. The van der Waals surface area contributed by atoms with Crippen molar-refractivity contribution in [1.29, 1.82) is 0 Å². The number of amides is 1. The second kappa shape index (κ2) is 5.06. The molecular weight excluding hydrogens is 180 g/mol. The molecule has 4 N–H and O–H groups in total. The highest BCUT2D eigenvalue weighted by Gasteiger charge is 2.01. The van der Waals surface area contributed by atoms with E-state index in [4.69, 9.17) is 5.73 Å². The molecule has 1 rings (SSSR count). The number of likely N-dealkylation sites (N-methyl/N-ethyl adjacent to an activating group) is 1. The van der Waals surface area contributed by atoms with Crippen molar-refractivity contribution in [2.24, 2.45) is 0 Å².